The van der Waals surface area contributed by atoms with E-state index < -0.39 is 17.0 Å². The second kappa shape index (κ2) is 6.45. The molecule has 3 heterocycles. The summed E-state index contributed by atoms with van der Waals surface area (Å²) in [5.41, 5.74) is 11.7. The molecule has 0 amide bonds. The van der Waals surface area contributed by atoms with E-state index in [1.165, 1.54) is 6.20 Å². The summed E-state index contributed by atoms with van der Waals surface area (Å²) in [6, 6.07) is 3.38. The van der Waals surface area contributed by atoms with E-state index >= 15 is 0 Å². The van der Waals surface area contributed by atoms with Crippen molar-refractivity contribution in [3.63, 3.8) is 0 Å². The van der Waals surface area contributed by atoms with Crippen molar-refractivity contribution in [1.29, 1.82) is 0 Å². The molecular weight excluding hydrogens is 362 g/mol. The zero-order valence-corrected chi connectivity index (χ0v) is 14.3. The number of aromatic nitrogens is 5. The number of H-pyrrole nitrogens is 4. The maximum absolute atomic E-state index is 12.5. The molecule has 0 aliphatic heterocycles. The van der Waals surface area contributed by atoms with Gasteiger partial charge in [0.2, 0.25) is 0 Å². The molecule has 3 aromatic heterocycles. The summed E-state index contributed by atoms with van der Waals surface area (Å²) in [5.74, 6) is -0.812. The molecule has 3 aromatic rings. The summed E-state index contributed by atoms with van der Waals surface area (Å²) in [6.45, 7) is 0. The number of aromatic amines is 4. The number of pyridine rings is 1. The van der Waals surface area contributed by atoms with Gasteiger partial charge in [0.1, 0.15) is 11.6 Å². The SMILES string of the molecule is Nc1[nH]c(=S)[nH]c(=O)c1C(c1cccnc1)c1c(N)[nH]c(=S)[nH]c1=O. The Morgan fingerprint density at radius 3 is 1.84 bits per heavy atom. The topological polar surface area (TPSA) is 162 Å². The quantitative estimate of drug-likeness (QED) is 0.371. The molecule has 0 radical (unpaired) electrons. The fourth-order valence-corrected chi connectivity index (χ4v) is 3.03. The first kappa shape index (κ1) is 16.8. The number of rotatable bonds is 3. The maximum atomic E-state index is 12.5. The number of nitrogens with one attached hydrogen (secondary N) is 4. The van der Waals surface area contributed by atoms with E-state index in [-0.39, 0.29) is 32.3 Å². The lowest BCUT2D eigenvalue weighted by molar-refractivity contribution is 0.878. The lowest BCUT2D eigenvalue weighted by atomic mass is 9.87. The van der Waals surface area contributed by atoms with Crippen molar-refractivity contribution in [2.45, 2.75) is 5.92 Å². The van der Waals surface area contributed by atoms with Crippen LogP contribution in [0.2, 0.25) is 0 Å². The zero-order chi connectivity index (χ0) is 18.1. The van der Waals surface area contributed by atoms with Crippen LogP contribution in [0.3, 0.4) is 0 Å². The van der Waals surface area contributed by atoms with Crippen LogP contribution < -0.4 is 22.6 Å². The monoisotopic (exact) mass is 375 g/mol. The van der Waals surface area contributed by atoms with Crippen molar-refractivity contribution < 1.29 is 0 Å². The van der Waals surface area contributed by atoms with Crippen molar-refractivity contribution in [1.82, 2.24) is 24.9 Å². The molecular formula is C14H13N7O2S2. The van der Waals surface area contributed by atoms with Gasteiger partial charge in [-0.3, -0.25) is 24.5 Å². The number of nitrogens with two attached hydrogens (primary N) is 2. The molecule has 25 heavy (non-hydrogen) atoms. The molecule has 0 bridgehead atoms. The van der Waals surface area contributed by atoms with Crippen LogP contribution >= 0.6 is 24.4 Å². The van der Waals surface area contributed by atoms with Crippen LogP contribution in [0, 0.1) is 9.54 Å². The summed E-state index contributed by atoms with van der Waals surface area (Å²) in [7, 11) is 0. The highest BCUT2D eigenvalue weighted by atomic mass is 32.1. The number of hydrogen-bond acceptors (Lipinski definition) is 7. The van der Waals surface area contributed by atoms with E-state index in [2.05, 4.69) is 24.9 Å². The number of anilines is 2. The molecule has 3 rings (SSSR count). The largest absolute Gasteiger partial charge is 0.385 e. The minimum Gasteiger partial charge on any atom is -0.385 e. The van der Waals surface area contributed by atoms with Gasteiger partial charge in [-0.2, -0.15) is 0 Å². The number of hydrogen-bond donors (Lipinski definition) is 6. The molecule has 11 heteroatoms. The summed E-state index contributed by atoms with van der Waals surface area (Å²) < 4.78 is 0.149. The van der Waals surface area contributed by atoms with Crippen LogP contribution in [-0.2, 0) is 0 Å². The van der Waals surface area contributed by atoms with E-state index in [1.807, 2.05) is 0 Å². The van der Waals surface area contributed by atoms with Gasteiger partial charge in [-0.1, -0.05) is 6.07 Å². The highest BCUT2D eigenvalue weighted by Gasteiger charge is 2.28. The standard InChI is InChI=1S/C14H13N7O2S2/c15-9-7(11(22)20-13(24)18-9)6(5-2-1-3-17-4-5)8-10(16)19-14(25)21-12(8)23/h1-4,6H,(H4,15,18,20,22,24)(H4,16,19,21,23,25). The Labute approximate surface area is 150 Å². The summed E-state index contributed by atoms with van der Waals surface area (Å²) in [4.78, 5) is 39.4. The molecule has 0 saturated carbocycles. The zero-order valence-electron chi connectivity index (χ0n) is 12.6. The van der Waals surface area contributed by atoms with Crippen molar-refractivity contribution in [2.24, 2.45) is 0 Å². The second-order valence-corrected chi connectivity index (χ2v) is 6.01. The molecule has 0 saturated heterocycles. The van der Waals surface area contributed by atoms with Gasteiger partial charge in [0.05, 0.1) is 17.0 Å². The summed E-state index contributed by atoms with van der Waals surface area (Å²) in [5, 5.41) is 0. The first-order chi connectivity index (χ1) is 11.9. The molecule has 0 aliphatic carbocycles. The van der Waals surface area contributed by atoms with Crippen molar-refractivity contribution in [3.8, 4) is 0 Å². The third-order valence-corrected chi connectivity index (χ3v) is 4.02. The lowest BCUT2D eigenvalue weighted by Gasteiger charge is -2.19. The van der Waals surface area contributed by atoms with Gasteiger partial charge >= 0.3 is 0 Å². The van der Waals surface area contributed by atoms with Crippen molar-refractivity contribution in [2.75, 3.05) is 11.5 Å². The summed E-state index contributed by atoms with van der Waals surface area (Å²) >= 11 is 9.84. The lowest BCUT2D eigenvalue weighted by Crippen LogP contribution is -2.28. The molecule has 0 fully saturated rings. The Bertz CT molecular complexity index is 1090. The average molecular weight is 375 g/mol. The Morgan fingerprint density at radius 2 is 1.44 bits per heavy atom. The van der Waals surface area contributed by atoms with Crippen LogP contribution in [0.15, 0.2) is 34.1 Å². The van der Waals surface area contributed by atoms with E-state index in [4.69, 9.17) is 35.9 Å². The fraction of sp³-hybridized carbons (Fsp3) is 0.0714. The predicted molar refractivity (Wildman–Crippen MR) is 98.5 cm³/mol. The molecule has 8 N–H and O–H groups in total. The number of nitrogens with zero attached hydrogens (tertiary/aromatic N) is 1. The van der Waals surface area contributed by atoms with E-state index in [0.29, 0.717) is 5.56 Å². The smallest absolute Gasteiger partial charge is 0.257 e. The third kappa shape index (κ3) is 3.14. The van der Waals surface area contributed by atoms with Gasteiger partial charge in [-0.15, -0.1) is 0 Å². The second-order valence-electron chi connectivity index (χ2n) is 5.19. The van der Waals surface area contributed by atoms with Crippen LogP contribution in [-0.4, -0.2) is 24.9 Å². The molecule has 0 aromatic carbocycles. The fourth-order valence-electron chi connectivity index (χ4n) is 2.62. The Kier molecular flexibility index (Phi) is 4.33. The van der Waals surface area contributed by atoms with Crippen molar-refractivity contribution >= 4 is 36.1 Å². The number of nitrogen functional groups attached to an aromatic ring is 2. The Morgan fingerprint density at radius 1 is 0.920 bits per heavy atom. The first-order valence-corrected chi connectivity index (χ1v) is 7.84. The molecule has 128 valence electrons. The van der Waals surface area contributed by atoms with Crippen molar-refractivity contribution in [3.05, 3.63) is 71.5 Å². The maximum Gasteiger partial charge on any atom is 0.257 e. The van der Waals surface area contributed by atoms with E-state index in [1.54, 1.807) is 18.3 Å². The normalized spacial score (nSPS) is 10.9. The van der Waals surface area contributed by atoms with Gasteiger partial charge < -0.3 is 21.4 Å². The van der Waals surface area contributed by atoms with Gasteiger partial charge in [-0.05, 0) is 36.1 Å². The van der Waals surface area contributed by atoms with Crippen LogP contribution in [0.1, 0.15) is 22.6 Å². The predicted octanol–water partition coefficient (Wildman–Crippen LogP) is 0.918. The minimum atomic E-state index is -0.875. The van der Waals surface area contributed by atoms with Crippen LogP contribution in [0.5, 0.6) is 0 Å². The molecule has 0 unspecified atom stereocenters. The molecule has 0 atom stereocenters. The highest BCUT2D eigenvalue weighted by molar-refractivity contribution is 7.71. The third-order valence-electron chi connectivity index (χ3n) is 3.62. The van der Waals surface area contributed by atoms with Gasteiger partial charge in [0, 0.05) is 12.4 Å². The van der Waals surface area contributed by atoms with E-state index in [0.717, 1.165) is 0 Å². The summed E-state index contributed by atoms with van der Waals surface area (Å²) in [6.07, 6.45) is 3.09. The van der Waals surface area contributed by atoms with Crippen LogP contribution in [0.25, 0.3) is 0 Å². The Hall–Kier alpha value is -3.05. The van der Waals surface area contributed by atoms with Gasteiger partial charge in [0.25, 0.3) is 11.1 Å². The Balaban J connectivity index is 2.42. The molecule has 0 aliphatic rings. The van der Waals surface area contributed by atoms with Crippen LogP contribution in [0.4, 0.5) is 11.6 Å². The molecule has 0 spiro atoms. The molecule has 9 nitrogen and oxygen atoms in total. The van der Waals surface area contributed by atoms with Gasteiger partial charge in [0.15, 0.2) is 9.54 Å². The van der Waals surface area contributed by atoms with E-state index in [9.17, 15) is 9.59 Å². The van der Waals surface area contributed by atoms with Gasteiger partial charge in [-0.25, -0.2) is 0 Å². The first-order valence-electron chi connectivity index (χ1n) is 7.02. The minimum absolute atomic E-state index is 0.0313. The highest BCUT2D eigenvalue weighted by Crippen LogP contribution is 2.31. The average Bonchev–Trinajstić information content (AvgIpc) is 2.52.